The zero-order chi connectivity index (χ0) is 7.82. The van der Waals surface area contributed by atoms with Gasteiger partial charge in [0.1, 0.15) is 0 Å². The molecule has 0 bridgehead atoms. The van der Waals surface area contributed by atoms with Crippen molar-refractivity contribution in [3.8, 4) is 0 Å². The number of rotatable bonds is 6. The summed E-state index contributed by atoms with van der Waals surface area (Å²) in [5.41, 5.74) is 0. The number of unbranched alkanes of at least 4 members (excludes halogenated alkanes) is 3. The summed E-state index contributed by atoms with van der Waals surface area (Å²) in [6.45, 7) is 2.48. The highest BCUT2D eigenvalue weighted by Crippen LogP contribution is 1.98. The van der Waals surface area contributed by atoms with E-state index in [-0.39, 0.29) is 5.39 Å². The highest BCUT2D eigenvalue weighted by molar-refractivity contribution is 4.36. The molecule has 0 aromatic rings. The van der Waals surface area contributed by atoms with E-state index in [1.165, 1.54) is 12.8 Å². The van der Waals surface area contributed by atoms with Crippen molar-refractivity contribution in [1.82, 2.24) is 5.39 Å². The van der Waals surface area contributed by atoms with Crippen molar-refractivity contribution in [1.29, 1.82) is 0 Å². The first kappa shape index (κ1) is 9.84. The van der Waals surface area contributed by atoms with Crippen LogP contribution in [0.3, 0.4) is 0 Å². The quantitative estimate of drug-likeness (QED) is 0.444. The molecule has 4 heteroatoms. The summed E-state index contributed by atoms with van der Waals surface area (Å²) >= 11 is 0. The second-order valence-corrected chi connectivity index (χ2v) is 2.15. The molecule has 0 aliphatic heterocycles. The van der Waals surface area contributed by atoms with Gasteiger partial charge in [-0.05, 0) is 6.42 Å². The van der Waals surface area contributed by atoms with Gasteiger partial charge < -0.3 is 0 Å². The molecule has 0 radical (unpaired) electrons. The van der Waals surface area contributed by atoms with Gasteiger partial charge in [-0.3, -0.25) is 15.3 Å². The van der Waals surface area contributed by atoms with Crippen LogP contribution in [0.25, 0.3) is 0 Å². The van der Waals surface area contributed by atoms with Crippen molar-refractivity contribution >= 4 is 0 Å². The van der Waals surface area contributed by atoms with Crippen LogP contribution in [0.1, 0.15) is 32.6 Å². The molecule has 4 nitrogen and oxygen atoms in total. The van der Waals surface area contributed by atoms with Crippen molar-refractivity contribution in [3.63, 3.8) is 0 Å². The van der Waals surface area contributed by atoms with Gasteiger partial charge in [0.05, 0.1) is 12.0 Å². The summed E-state index contributed by atoms with van der Waals surface area (Å²) in [5, 5.41) is 15.9. The van der Waals surface area contributed by atoms with Crippen LogP contribution in [0.2, 0.25) is 0 Å². The minimum atomic E-state index is -0.244. The number of nitrogens with zero attached hydrogens (tertiary/aromatic N) is 1. The van der Waals surface area contributed by atoms with E-state index in [0.29, 0.717) is 6.61 Å². The van der Waals surface area contributed by atoms with E-state index < -0.39 is 0 Å². The number of hydrogen-bond donors (Lipinski definition) is 2. The van der Waals surface area contributed by atoms with Crippen LogP contribution >= 0.6 is 0 Å². The van der Waals surface area contributed by atoms with Crippen LogP contribution < -0.4 is 0 Å². The Kier molecular flexibility index (Phi) is 6.84. The van der Waals surface area contributed by atoms with Gasteiger partial charge in [-0.15, -0.1) is 0 Å². The van der Waals surface area contributed by atoms with Gasteiger partial charge in [-0.2, -0.15) is 0 Å². The van der Waals surface area contributed by atoms with E-state index in [4.69, 9.17) is 10.4 Å². The van der Waals surface area contributed by atoms with Crippen LogP contribution in [0, 0.1) is 0 Å². The average Bonchev–Trinajstić information content (AvgIpc) is 1.87. The van der Waals surface area contributed by atoms with Gasteiger partial charge in [-0.25, -0.2) is 0 Å². The summed E-state index contributed by atoms with van der Waals surface area (Å²) < 4.78 is 0. The third-order valence-corrected chi connectivity index (χ3v) is 1.20. The lowest BCUT2D eigenvalue weighted by molar-refractivity contribution is -0.492. The molecule has 0 aromatic heterocycles. The van der Waals surface area contributed by atoms with E-state index in [1.54, 1.807) is 0 Å². The molecule has 0 spiro atoms. The Morgan fingerprint density at radius 2 is 1.90 bits per heavy atom. The summed E-state index contributed by atoms with van der Waals surface area (Å²) in [6, 6.07) is 0. The Morgan fingerprint density at radius 1 is 1.20 bits per heavy atom. The van der Waals surface area contributed by atoms with Crippen LogP contribution in [-0.2, 0) is 4.84 Å². The Labute approximate surface area is 60.9 Å². The normalized spacial score (nSPS) is 10.8. The third-order valence-electron chi connectivity index (χ3n) is 1.20. The van der Waals surface area contributed by atoms with E-state index >= 15 is 0 Å². The van der Waals surface area contributed by atoms with Crippen LogP contribution in [0.15, 0.2) is 0 Å². The van der Waals surface area contributed by atoms with Gasteiger partial charge in [0.15, 0.2) is 0 Å². The Balaban J connectivity index is 2.77. The highest BCUT2D eigenvalue weighted by Gasteiger charge is 1.92. The third kappa shape index (κ3) is 7.84. The smallest absolute Gasteiger partial charge is 0.0736 e. The first-order valence-corrected chi connectivity index (χ1v) is 3.58. The molecular formula is C6H15NO3. The van der Waals surface area contributed by atoms with Crippen molar-refractivity contribution in [2.75, 3.05) is 6.61 Å². The molecule has 0 aromatic carbocycles. The van der Waals surface area contributed by atoms with E-state index in [2.05, 4.69) is 11.8 Å². The zero-order valence-electron chi connectivity index (χ0n) is 6.29. The lowest BCUT2D eigenvalue weighted by atomic mass is 10.2. The molecule has 0 amide bonds. The maximum Gasteiger partial charge on any atom is 0.0736 e. The molecule has 0 saturated carbocycles. The van der Waals surface area contributed by atoms with Gasteiger partial charge >= 0.3 is 0 Å². The molecule has 62 valence electrons. The first-order valence-electron chi connectivity index (χ1n) is 3.58. The minimum absolute atomic E-state index is 0.244. The molecule has 0 unspecified atom stereocenters. The summed E-state index contributed by atoms with van der Waals surface area (Å²) in [7, 11) is 0. The lowest BCUT2D eigenvalue weighted by Gasteiger charge is -2.04. The van der Waals surface area contributed by atoms with E-state index in [0.717, 1.165) is 12.8 Å². The summed E-state index contributed by atoms with van der Waals surface area (Å²) in [4.78, 5) is 4.33. The average molecular weight is 149 g/mol. The van der Waals surface area contributed by atoms with Gasteiger partial charge in [0.25, 0.3) is 0 Å². The second kappa shape index (κ2) is 6.95. The standard InChI is InChI=1S/C6H15NO3/c1-2-3-4-5-6-10-7(8)9/h8-9H,2-6H2,1H3. The van der Waals surface area contributed by atoms with Crippen molar-refractivity contribution in [3.05, 3.63) is 0 Å². The van der Waals surface area contributed by atoms with Gasteiger partial charge in [0.2, 0.25) is 0 Å². The van der Waals surface area contributed by atoms with Crippen LogP contribution in [0.4, 0.5) is 0 Å². The molecule has 10 heavy (non-hydrogen) atoms. The molecule has 0 atom stereocenters. The topological polar surface area (TPSA) is 52.9 Å². The fourth-order valence-corrected chi connectivity index (χ4v) is 0.675. The molecule has 0 saturated heterocycles. The van der Waals surface area contributed by atoms with Crippen molar-refractivity contribution in [2.45, 2.75) is 32.6 Å². The molecular weight excluding hydrogens is 134 g/mol. The Hall–Kier alpha value is -0.160. The molecule has 2 N–H and O–H groups in total. The van der Waals surface area contributed by atoms with Gasteiger partial charge in [-0.1, -0.05) is 26.2 Å². The summed E-state index contributed by atoms with van der Waals surface area (Å²) in [6.07, 6.45) is 4.28. The van der Waals surface area contributed by atoms with Crippen LogP contribution in [0.5, 0.6) is 0 Å². The fourth-order valence-electron chi connectivity index (χ4n) is 0.675. The predicted octanol–water partition coefficient (Wildman–Crippen LogP) is 1.58. The lowest BCUT2D eigenvalue weighted by Crippen LogP contribution is -2.14. The molecule has 0 aliphatic rings. The molecule has 0 rings (SSSR count). The van der Waals surface area contributed by atoms with Crippen LogP contribution in [-0.4, -0.2) is 22.4 Å². The zero-order valence-corrected chi connectivity index (χ0v) is 6.29. The minimum Gasteiger partial charge on any atom is -0.266 e. The van der Waals surface area contributed by atoms with E-state index in [9.17, 15) is 0 Å². The van der Waals surface area contributed by atoms with Gasteiger partial charge in [0, 0.05) is 0 Å². The second-order valence-electron chi connectivity index (χ2n) is 2.15. The highest BCUT2D eigenvalue weighted by atomic mass is 17.1. The SMILES string of the molecule is CCCCCCON(O)O. The maximum absolute atomic E-state index is 8.08. The Bertz CT molecular complexity index is 68.0. The van der Waals surface area contributed by atoms with Crippen molar-refractivity contribution < 1.29 is 15.3 Å². The first-order chi connectivity index (χ1) is 4.77. The van der Waals surface area contributed by atoms with Crippen molar-refractivity contribution in [2.24, 2.45) is 0 Å². The Morgan fingerprint density at radius 3 is 2.40 bits per heavy atom. The maximum atomic E-state index is 8.08. The molecule has 0 fully saturated rings. The summed E-state index contributed by atoms with van der Waals surface area (Å²) in [5.74, 6) is 0. The molecule has 0 aliphatic carbocycles. The molecule has 0 heterocycles. The largest absolute Gasteiger partial charge is 0.266 e. The monoisotopic (exact) mass is 149 g/mol. The number of hydrogen-bond acceptors (Lipinski definition) is 4. The van der Waals surface area contributed by atoms with E-state index in [1.807, 2.05) is 0 Å². The predicted molar refractivity (Wildman–Crippen MR) is 35.5 cm³/mol. The fraction of sp³-hybridized carbons (Fsp3) is 1.00.